The SMILES string of the molecule is Cc1cccc(Oc2nc(Br)cn2C)c1. The van der Waals surface area contributed by atoms with Crippen molar-refractivity contribution in [2.45, 2.75) is 6.92 Å². The van der Waals surface area contributed by atoms with Gasteiger partial charge in [0.1, 0.15) is 10.4 Å². The summed E-state index contributed by atoms with van der Waals surface area (Å²) in [6.07, 6.45) is 1.85. The number of imidazole rings is 1. The molecule has 1 heterocycles. The lowest BCUT2D eigenvalue weighted by Gasteiger charge is -2.04. The van der Waals surface area contributed by atoms with Gasteiger partial charge in [-0.25, -0.2) is 0 Å². The van der Waals surface area contributed by atoms with Crippen LogP contribution in [0, 0.1) is 6.92 Å². The van der Waals surface area contributed by atoms with Crippen LogP contribution >= 0.6 is 15.9 Å². The molecular formula is C11H11BrN2O. The first-order valence-electron chi connectivity index (χ1n) is 4.58. The average Bonchev–Trinajstić information content (AvgIpc) is 2.45. The number of benzene rings is 1. The van der Waals surface area contributed by atoms with Crippen molar-refractivity contribution in [1.29, 1.82) is 0 Å². The molecule has 1 aromatic heterocycles. The quantitative estimate of drug-likeness (QED) is 0.834. The summed E-state index contributed by atoms with van der Waals surface area (Å²) in [7, 11) is 1.89. The molecule has 1 aromatic carbocycles. The van der Waals surface area contributed by atoms with Crippen LogP contribution in [-0.2, 0) is 7.05 Å². The van der Waals surface area contributed by atoms with Crippen LogP contribution in [0.5, 0.6) is 11.8 Å². The summed E-state index contributed by atoms with van der Waals surface area (Å²) in [5, 5.41) is 0. The minimum Gasteiger partial charge on any atom is -0.425 e. The molecule has 0 amide bonds. The molecule has 0 aliphatic heterocycles. The minimum absolute atomic E-state index is 0.576. The molecule has 0 radical (unpaired) electrons. The van der Waals surface area contributed by atoms with Crippen LogP contribution in [-0.4, -0.2) is 9.55 Å². The van der Waals surface area contributed by atoms with E-state index in [1.54, 1.807) is 0 Å². The number of halogens is 1. The third kappa shape index (κ3) is 2.39. The molecular weight excluding hydrogens is 256 g/mol. The van der Waals surface area contributed by atoms with Gasteiger partial charge in [-0.3, -0.25) is 0 Å². The molecule has 0 N–H and O–H groups in total. The number of ether oxygens (including phenoxy) is 1. The first kappa shape index (κ1) is 10.2. The van der Waals surface area contributed by atoms with E-state index in [1.807, 2.05) is 49.0 Å². The molecule has 0 spiro atoms. The number of nitrogens with zero attached hydrogens (tertiary/aromatic N) is 2. The maximum absolute atomic E-state index is 5.63. The topological polar surface area (TPSA) is 27.1 Å². The Kier molecular flexibility index (Phi) is 2.77. The van der Waals surface area contributed by atoms with Crippen molar-refractivity contribution in [2.24, 2.45) is 7.05 Å². The van der Waals surface area contributed by atoms with E-state index < -0.39 is 0 Å². The van der Waals surface area contributed by atoms with Crippen molar-refractivity contribution in [1.82, 2.24) is 9.55 Å². The van der Waals surface area contributed by atoms with Gasteiger partial charge < -0.3 is 9.30 Å². The van der Waals surface area contributed by atoms with Gasteiger partial charge in [-0.1, -0.05) is 12.1 Å². The van der Waals surface area contributed by atoms with Gasteiger partial charge in [0.25, 0.3) is 0 Å². The van der Waals surface area contributed by atoms with Gasteiger partial charge >= 0.3 is 6.01 Å². The van der Waals surface area contributed by atoms with Crippen molar-refractivity contribution in [3.63, 3.8) is 0 Å². The zero-order valence-corrected chi connectivity index (χ0v) is 10.2. The fraction of sp³-hybridized carbons (Fsp3) is 0.182. The Labute approximate surface area is 96.8 Å². The highest BCUT2D eigenvalue weighted by atomic mass is 79.9. The lowest BCUT2D eigenvalue weighted by Crippen LogP contribution is -1.93. The molecule has 0 aliphatic carbocycles. The van der Waals surface area contributed by atoms with Crippen LogP contribution in [0.25, 0.3) is 0 Å². The van der Waals surface area contributed by atoms with Gasteiger partial charge in [0, 0.05) is 13.2 Å². The molecule has 4 heteroatoms. The smallest absolute Gasteiger partial charge is 0.302 e. The standard InChI is InChI=1S/C11H11BrN2O/c1-8-4-3-5-9(6-8)15-11-13-10(12)7-14(11)2/h3-7H,1-2H3. The molecule has 15 heavy (non-hydrogen) atoms. The highest BCUT2D eigenvalue weighted by molar-refractivity contribution is 9.10. The molecule has 0 saturated heterocycles. The van der Waals surface area contributed by atoms with E-state index in [9.17, 15) is 0 Å². The summed E-state index contributed by atoms with van der Waals surface area (Å²) in [6, 6.07) is 8.45. The van der Waals surface area contributed by atoms with Crippen LogP contribution < -0.4 is 4.74 Å². The lowest BCUT2D eigenvalue weighted by atomic mass is 10.2. The zero-order chi connectivity index (χ0) is 10.8. The molecule has 3 nitrogen and oxygen atoms in total. The van der Waals surface area contributed by atoms with Gasteiger partial charge in [0.15, 0.2) is 0 Å². The van der Waals surface area contributed by atoms with Crippen LogP contribution in [0.3, 0.4) is 0 Å². The second-order valence-corrected chi connectivity index (χ2v) is 4.19. The van der Waals surface area contributed by atoms with Crippen molar-refractivity contribution in [3.05, 3.63) is 40.6 Å². The Balaban J connectivity index is 2.25. The first-order valence-corrected chi connectivity index (χ1v) is 5.38. The van der Waals surface area contributed by atoms with Gasteiger partial charge in [-0.05, 0) is 40.5 Å². The van der Waals surface area contributed by atoms with E-state index in [4.69, 9.17) is 4.74 Å². The Hall–Kier alpha value is -1.29. The van der Waals surface area contributed by atoms with Gasteiger partial charge in [0.2, 0.25) is 0 Å². The predicted molar refractivity (Wildman–Crippen MR) is 62.2 cm³/mol. The second kappa shape index (κ2) is 4.06. The van der Waals surface area contributed by atoms with Gasteiger partial charge in [-0.2, -0.15) is 4.98 Å². The Bertz CT molecular complexity index is 479. The molecule has 0 atom stereocenters. The predicted octanol–water partition coefficient (Wildman–Crippen LogP) is 3.28. The minimum atomic E-state index is 0.576. The van der Waals surface area contributed by atoms with Crippen molar-refractivity contribution >= 4 is 15.9 Å². The van der Waals surface area contributed by atoms with Crippen LogP contribution in [0.2, 0.25) is 0 Å². The maximum atomic E-state index is 5.63. The number of aromatic nitrogens is 2. The summed E-state index contributed by atoms with van der Waals surface area (Å²) in [4.78, 5) is 4.19. The van der Waals surface area contributed by atoms with Crippen LogP contribution in [0.1, 0.15) is 5.56 Å². The fourth-order valence-electron chi connectivity index (χ4n) is 1.29. The molecule has 0 bridgehead atoms. The van der Waals surface area contributed by atoms with E-state index in [1.165, 1.54) is 5.56 Å². The summed E-state index contributed by atoms with van der Waals surface area (Å²) in [6.45, 7) is 2.03. The Morgan fingerprint density at radius 1 is 1.40 bits per heavy atom. The molecule has 2 rings (SSSR count). The summed E-state index contributed by atoms with van der Waals surface area (Å²) in [5.41, 5.74) is 1.17. The largest absolute Gasteiger partial charge is 0.425 e. The van der Waals surface area contributed by atoms with Crippen molar-refractivity contribution in [3.8, 4) is 11.8 Å². The third-order valence-electron chi connectivity index (χ3n) is 2.00. The van der Waals surface area contributed by atoms with Gasteiger partial charge in [0.05, 0.1) is 0 Å². The molecule has 0 aliphatic rings. The normalized spacial score (nSPS) is 10.3. The second-order valence-electron chi connectivity index (χ2n) is 3.38. The first-order chi connectivity index (χ1) is 7.15. The molecule has 0 fully saturated rings. The van der Waals surface area contributed by atoms with Crippen LogP contribution in [0.4, 0.5) is 0 Å². The summed E-state index contributed by atoms with van der Waals surface area (Å²) >= 11 is 3.30. The Morgan fingerprint density at radius 2 is 2.20 bits per heavy atom. The molecule has 2 aromatic rings. The van der Waals surface area contributed by atoms with E-state index in [0.717, 1.165) is 10.4 Å². The number of hydrogen-bond acceptors (Lipinski definition) is 2. The third-order valence-corrected chi connectivity index (χ3v) is 2.39. The van der Waals surface area contributed by atoms with E-state index in [0.29, 0.717) is 6.01 Å². The average molecular weight is 267 g/mol. The van der Waals surface area contributed by atoms with Crippen LogP contribution in [0.15, 0.2) is 35.1 Å². The highest BCUT2D eigenvalue weighted by Gasteiger charge is 2.05. The van der Waals surface area contributed by atoms with Gasteiger partial charge in [-0.15, -0.1) is 0 Å². The van der Waals surface area contributed by atoms with Crippen molar-refractivity contribution in [2.75, 3.05) is 0 Å². The van der Waals surface area contributed by atoms with E-state index >= 15 is 0 Å². The van der Waals surface area contributed by atoms with E-state index in [2.05, 4.69) is 20.9 Å². The zero-order valence-electron chi connectivity index (χ0n) is 8.57. The maximum Gasteiger partial charge on any atom is 0.302 e. The fourth-order valence-corrected chi connectivity index (χ4v) is 1.75. The number of hydrogen-bond donors (Lipinski definition) is 0. The number of aryl methyl sites for hydroxylation is 2. The van der Waals surface area contributed by atoms with E-state index in [-0.39, 0.29) is 0 Å². The monoisotopic (exact) mass is 266 g/mol. The highest BCUT2D eigenvalue weighted by Crippen LogP contribution is 2.22. The molecule has 0 unspecified atom stereocenters. The lowest BCUT2D eigenvalue weighted by molar-refractivity contribution is 0.424. The number of rotatable bonds is 2. The van der Waals surface area contributed by atoms with Crippen molar-refractivity contribution < 1.29 is 4.74 Å². The summed E-state index contributed by atoms with van der Waals surface area (Å²) in [5.74, 6) is 0.802. The molecule has 78 valence electrons. The molecule has 0 saturated carbocycles. The Morgan fingerprint density at radius 3 is 2.80 bits per heavy atom. The summed E-state index contributed by atoms with van der Waals surface area (Å²) < 4.78 is 8.23.